The Balaban J connectivity index is 1.88. The van der Waals surface area contributed by atoms with Crippen LogP contribution in [-0.4, -0.2) is 48.8 Å². The van der Waals surface area contributed by atoms with Gasteiger partial charge in [-0.2, -0.15) is 0 Å². The lowest BCUT2D eigenvalue weighted by Gasteiger charge is -2.24. The highest BCUT2D eigenvalue weighted by atomic mass is 16.5. The van der Waals surface area contributed by atoms with Crippen molar-refractivity contribution in [2.24, 2.45) is 10.1 Å². The summed E-state index contributed by atoms with van der Waals surface area (Å²) in [6.07, 6.45) is 2.34. The Morgan fingerprint density at radius 2 is 2.12 bits per heavy atom. The molecule has 2 aromatic rings. The molecule has 10 nitrogen and oxygen atoms in total. The molecule has 3 rings (SSSR count). The number of hydrogen-bond donors (Lipinski definition) is 3. The van der Waals surface area contributed by atoms with Gasteiger partial charge in [0.05, 0.1) is 6.61 Å². The summed E-state index contributed by atoms with van der Waals surface area (Å²) in [4.78, 5) is 20.7. The van der Waals surface area contributed by atoms with Gasteiger partial charge in [0, 0.05) is 42.2 Å². The number of azide groups is 1. The lowest BCUT2D eigenvalue weighted by atomic mass is 9.91. The van der Waals surface area contributed by atoms with E-state index < -0.39 is 5.54 Å². The van der Waals surface area contributed by atoms with Crippen LogP contribution < -0.4 is 15.6 Å². The summed E-state index contributed by atoms with van der Waals surface area (Å²) in [5.41, 5.74) is 14.9. The van der Waals surface area contributed by atoms with Crippen molar-refractivity contribution in [3.8, 4) is 5.75 Å². The monoisotopic (exact) mass is 450 g/mol. The molecule has 0 saturated heterocycles. The first-order valence-electron chi connectivity index (χ1n) is 10.5. The predicted molar refractivity (Wildman–Crippen MR) is 124 cm³/mol. The molecule has 10 heteroatoms. The molecular weight excluding hydrogens is 424 g/mol. The molecule has 1 atom stereocenters. The third-order valence-corrected chi connectivity index (χ3v) is 4.93. The van der Waals surface area contributed by atoms with E-state index in [1.54, 1.807) is 48.5 Å². The third-order valence-electron chi connectivity index (χ3n) is 4.93. The number of hydrazine groups is 1. The number of amides is 1. The van der Waals surface area contributed by atoms with E-state index in [2.05, 4.69) is 32.4 Å². The Morgan fingerprint density at radius 3 is 2.85 bits per heavy atom. The SMILES string of the molecule is C=CCNNC(=O)[C@]1(Cc2ccccc2N=[N+]=[N-])COC(c2ccc(OCCCO)cc2)=N1. The first-order chi connectivity index (χ1) is 16.1. The number of benzene rings is 2. The molecule has 1 amide bonds. The molecule has 1 aliphatic rings. The molecular formula is C23H26N6O4. The lowest BCUT2D eigenvalue weighted by molar-refractivity contribution is -0.127. The molecule has 0 saturated carbocycles. The van der Waals surface area contributed by atoms with Crippen LogP contribution in [0.4, 0.5) is 5.69 Å². The van der Waals surface area contributed by atoms with Crippen molar-refractivity contribution in [2.45, 2.75) is 18.4 Å². The number of hydrogen-bond acceptors (Lipinski definition) is 7. The van der Waals surface area contributed by atoms with Gasteiger partial charge in [-0.15, -0.1) is 6.58 Å². The number of carbonyl (C=O) groups is 1. The van der Waals surface area contributed by atoms with Crippen molar-refractivity contribution < 1.29 is 19.4 Å². The molecule has 0 fully saturated rings. The summed E-state index contributed by atoms with van der Waals surface area (Å²) in [5, 5.41) is 12.6. The highest BCUT2D eigenvalue weighted by molar-refractivity contribution is 6.00. The molecule has 1 aliphatic heterocycles. The molecule has 0 spiro atoms. The first kappa shape index (κ1) is 23.8. The average Bonchev–Trinajstić information content (AvgIpc) is 3.26. The van der Waals surface area contributed by atoms with Gasteiger partial charge < -0.3 is 14.6 Å². The Kier molecular flexibility index (Phi) is 8.43. The number of nitrogens with zero attached hydrogens (tertiary/aromatic N) is 4. The van der Waals surface area contributed by atoms with Crippen LogP contribution in [0.5, 0.6) is 5.75 Å². The van der Waals surface area contributed by atoms with Crippen molar-refractivity contribution in [2.75, 3.05) is 26.4 Å². The molecule has 0 aliphatic carbocycles. The zero-order chi connectivity index (χ0) is 23.5. The second-order valence-electron chi connectivity index (χ2n) is 7.31. The van der Waals surface area contributed by atoms with Gasteiger partial charge in [0.15, 0.2) is 5.54 Å². The van der Waals surface area contributed by atoms with Crippen LogP contribution in [0.1, 0.15) is 17.5 Å². The number of carbonyl (C=O) groups excluding carboxylic acids is 1. The lowest BCUT2D eigenvalue weighted by Crippen LogP contribution is -2.52. The van der Waals surface area contributed by atoms with Crippen LogP contribution in [-0.2, 0) is 16.0 Å². The van der Waals surface area contributed by atoms with E-state index in [0.29, 0.717) is 48.0 Å². The first-order valence-corrected chi connectivity index (χ1v) is 10.5. The molecule has 0 bridgehead atoms. The summed E-state index contributed by atoms with van der Waals surface area (Å²) in [6.45, 7) is 4.50. The van der Waals surface area contributed by atoms with E-state index in [4.69, 9.17) is 20.1 Å². The third kappa shape index (κ3) is 6.11. The van der Waals surface area contributed by atoms with E-state index in [1.165, 1.54) is 0 Å². The largest absolute Gasteiger partial charge is 0.494 e. The molecule has 33 heavy (non-hydrogen) atoms. The quantitative estimate of drug-likeness (QED) is 0.114. The topological polar surface area (TPSA) is 141 Å². The number of aliphatic hydroxyl groups is 1. The summed E-state index contributed by atoms with van der Waals surface area (Å²) >= 11 is 0. The van der Waals surface area contributed by atoms with Gasteiger partial charge in [-0.05, 0) is 35.4 Å². The van der Waals surface area contributed by atoms with Gasteiger partial charge in [0.2, 0.25) is 5.90 Å². The average molecular weight is 450 g/mol. The van der Waals surface area contributed by atoms with Crippen LogP contribution >= 0.6 is 0 Å². The highest BCUT2D eigenvalue weighted by Gasteiger charge is 2.45. The number of rotatable bonds is 12. The maximum atomic E-state index is 13.2. The number of aliphatic imine (C=N–C) groups is 1. The summed E-state index contributed by atoms with van der Waals surface area (Å²) in [6, 6.07) is 14.2. The Labute approximate surface area is 191 Å². The Bertz CT molecular complexity index is 1050. The highest BCUT2D eigenvalue weighted by Crippen LogP contribution is 2.31. The van der Waals surface area contributed by atoms with Crippen molar-refractivity contribution in [1.29, 1.82) is 0 Å². The molecule has 2 aromatic carbocycles. The van der Waals surface area contributed by atoms with Crippen molar-refractivity contribution in [1.82, 2.24) is 10.9 Å². The van der Waals surface area contributed by atoms with E-state index in [1.807, 2.05) is 6.07 Å². The number of ether oxygens (including phenoxy) is 2. The number of nitrogens with one attached hydrogen (secondary N) is 2. The van der Waals surface area contributed by atoms with Gasteiger partial charge in [-0.3, -0.25) is 10.2 Å². The molecule has 1 heterocycles. The van der Waals surface area contributed by atoms with E-state index in [0.717, 1.165) is 0 Å². The van der Waals surface area contributed by atoms with E-state index in [9.17, 15) is 4.79 Å². The fourth-order valence-corrected chi connectivity index (χ4v) is 3.27. The molecule has 0 radical (unpaired) electrons. The fourth-order valence-electron chi connectivity index (χ4n) is 3.27. The minimum atomic E-state index is -1.26. The van der Waals surface area contributed by atoms with Crippen LogP contribution in [0.2, 0.25) is 0 Å². The Morgan fingerprint density at radius 1 is 1.33 bits per heavy atom. The predicted octanol–water partition coefficient (Wildman–Crippen LogP) is 2.95. The van der Waals surface area contributed by atoms with E-state index >= 15 is 0 Å². The maximum absolute atomic E-state index is 13.2. The molecule has 3 N–H and O–H groups in total. The normalized spacial score (nSPS) is 16.8. The second-order valence-corrected chi connectivity index (χ2v) is 7.31. The Hall–Kier alpha value is -3.85. The zero-order valence-electron chi connectivity index (χ0n) is 18.1. The molecule has 0 aromatic heterocycles. The molecule has 172 valence electrons. The summed E-state index contributed by atoms with van der Waals surface area (Å²) in [5.74, 6) is 0.614. The summed E-state index contributed by atoms with van der Waals surface area (Å²) < 4.78 is 11.4. The molecule has 0 unspecified atom stereocenters. The van der Waals surface area contributed by atoms with Crippen molar-refractivity contribution in [3.05, 3.63) is 82.8 Å². The van der Waals surface area contributed by atoms with Crippen LogP contribution in [0.15, 0.2) is 71.3 Å². The van der Waals surface area contributed by atoms with Gasteiger partial charge >= 0.3 is 0 Å². The van der Waals surface area contributed by atoms with Crippen molar-refractivity contribution in [3.63, 3.8) is 0 Å². The smallest absolute Gasteiger partial charge is 0.266 e. The fraction of sp³-hybridized carbons (Fsp3) is 0.304. The summed E-state index contributed by atoms with van der Waals surface area (Å²) in [7, 11) is 0. The van der Waals surface area contributed by atoms with E-state index in [-0.39, 0.29) is 25.5 Å². The van der Waals surface area contributed by atoms with Crippen molar-refractivity contribution >= 4 is 17.5 Å². The van der Waals surface area contributed by atoms with Gasteiger partial charge in [0.1, 0.15) is 12.4 Å². The number of aliphatic hydroxyl groups excluding tert-OH is 1. The second kappa shape index (κ2) is 11.7. The van der Waals surface area contributed by atoms with Gasteiger partial charge in [-0.1, -0.05) is 35.5 Å². The minimum Gasteiger partial charge on any atom is -0.494 e. The van der Waals surface area contributed by atoms with Gasteiger partial charge in [0.25, 0.3) is 5.91 Å². The van der Waals surface area contributed by atoms with Crippen LogP contribution in [0, 0.1) is 0 Å². The maximum Gasteiger partial charge on any atom is 0.266 e. The van der Waals surface area contributed by atoms with Crippen LogP contribution in [0.25, 0.3) is 10.4 Å². The standard InChI is InChI=1S/C23H26N6O4/c1-2-12-25-28-22(31)23(15-18-6-3-4-7-20(18)27-29-24)16-33-21(26-23)17-8-10-19(11-9-17)32-14-5-13-30/h2-4,6-11,25,30H,1,5,12-16H2,(H,28,31)/t23-/m0/s1. The zero-order valence-corrected chi connectivity index (χ0v) is 18.1. The minimum absolute atomic E-state index is 0.0172. The van der Waals surface area contributed by atoms with Gasteiger partial charge in [-0.25, -0.2) is 10.4 Å². The van der Waals surface area contributed by atoms with Crippen LogP contribution in [0.3, 0.4) is 0 Å².